The minimum Gasteiger partial charge on any atom is -0.399 e. The highest BCUT2D eigenvalue weighted by Crippen LogP contribution is 2.46. The van der Waals surface area contributed by atoms with E-state index >= 15 is 0 Å². The van der Waals surface area contributed by atoms with Crippen LogP contribution in [-0.2, 0) is 18.4 Å². The molecule has 8 aromatic rings. The van der Waals surface area contributed by atoms with Crippen LogP contribution in [0, 0.1) is 13.8 Å². The van der Waals surface area contributed by atoms with Gasteiger partial charge in [0.25, 0.3) is 0 Å². The second kappa shape index (κ2) is 28.5. The molecule has 5 N–H and O–H groups in total. The van der Waals surface area contributed by atoms with Crippen LogP contribution in [0.4, 0.5) is 11.4 Å². The molecular weight excluding hydrogens is 1030 g/mol. The van der Waals surface area contributed by atoms with E-state index in [1.165, 1.54) is 144 Å². The van der Waals surface area contributed by atoms with E-state index in [0.717, 1.165) is 124 Å². The molecule has 0 saturated carbocycles. The van der Waals surface area contributed by atoms with Crippen LogP contribution in [0.15, 0.2) is 152 Å². The lowest BCUT2D eigenvalue weighted by molar-refractivity contribution is 0.667. The number of aromatic amines is 2. The van der Waals surface area contributed by atoms with Crippen molar-refractivity contribution in [2.24, 2.45) is 0 Å². The fourth-order valence-corrected chi connectivity index (χ4v) is 13.6. The maximum Gasteiger partial charge on any atom is 0.114 e. The molecule has 10 rings (SSSR count). The van der Waals surface area contributed by atoms with Gasteiger partial charge in [-0.05, 0) is 188 Å². The molecule has 0 unspecified atom stereocenters. The van der Waals surface area contributed by atoms with Crippen LogP contribution in [0.3, 0.4) is 0 Å². The molecule has 0 atom stereocenters. The smallest absolute Gasteiger partial charge is 0.114 e. The largest absolute Gasteiger partial charge is 0.399 e. The van der Waals surface area contributed by atoms with Gasteiger partial charge in [-0.3, -0.25) is 0 Å². The average Bonchev–Trinajstić information content (AvgIpc) is 2.93. The molecule has 0 fully saturated rings. The lowest BCUT2D eigenvalue weighted by atomic mass is 9.76. The molecular formula is C79H94N6. The monoisotopic (exact) mass is 1130 g/mol. The third-order valence-electron chi connectivity index (χ3n) is 18.5. The number of nitrogens with two attached hydrogens (primary N) is 1. The first-order chi connectivity index (χ1) is 41.6. The number of rotatable bonds is 27. The third kappa shape index (κ3) is 13.1. The molecule has 6 nitrogen and oxygen atoms in total. The number of nitrogens with one attached hydrogen (secondary N) is 3. The van der Waals surface area contributed by atoms with Crippen LogP contribution in [0.2, 0.25) is 0 Å². The number of unbranched alkanes of at least 4 members (excludes halogenated alkanes) is 12. The van der Waals surface area contributed by atoms with Crippen LogP contribution in [-0.4, -0.2) is 19.9 Å². The number of nitrogens with zero attached hydrogens (tertiary/aromatic N) is 2. The quantitative estimate of drug-likeness (QED) is 0.0234. The summed E-state index contributed by atoms with van der Waals surface area (Å²) in [6.45, 7) is 18.6. The number of nitrogen functional groups attached to an aromatic ring is 1. The van der Waals surface area contributed by atoms with E-state index < -0.39 is 5.54 Å². The van der Waals surface area contributed by atoms with Crippen molar-refractivity contribution in [3.8, 4) is 22.3 Å². The number of benzene rings is 5. The van der Waals surface area contributed by atoms with Crippen molar-refractivity contribution in [3.05, 3.63) is 213 Å². The predicted octanol–water partition coefficient (Wildman–Crippen LogP) is 22.3. The van der Waals surface area contributed by atoms with E-state index in [1.807, 2.05) is 12.1 Å². The van der Waals surface area contributed by atoms with Crippen LogP contribution < -0.4 is 11.1 Å². The molecule has 0 radical (unpaired) electrons. The van der Waals surface area contributed by atoms with Gasteiger partial charge in [0.2, 0.25) is 0 Å². The van der Waals surface area contributed by atoms with Crippen molar-refractivity contribution in [1.82, 2.24) is 19.9 Å². The Morgan fingerprint density at radius 1 is 0.412 bits per heavy atom. The van der Waals surface area contributed by atoms with E-state index in [4.69, 9.17) is 15.7 Å². The van der Waals surface area contributed by atoms with Gasteiger partial charge in [0, 0.05) is 33.5 Å². The number of fused-ring (bicyclic) bond motifs is 8. The molecule has 5 aromatic carbocycles. The topological polar surface area (TPSA) is 95.4 Å². The predicted molar refractivity (Wildman–Crippen MR) is 367 cm³/mol. The highest BCUT2D eigenvalue weighted by atomic mass is 15.0. The number of anilines is 2. The summed E-state index contributed by atoms with van der Waals surface area (Å²) in [7, 11) is 0. The number of aryl methyl sites for hydroxylation is 4. The standard InChI is InChI=1S/C79H94N6/c1-9-13-17-30-40-65-54(5)75-73(58-44-48-63(80)49-45-58)76-55(6)66(41-31-18-14-10-2)70(82-76)53-72-68(43-33-20-16-12-4)57(8)78(84-72)74(77-56(7)67(42-32-19-15-11-3)71(83-77)52-69(65)81-75)59-46-50-64(51-47-59)85-79(60-34-24-21-25-35-60,61-36-26-22-27-37-61)62-38-28-23-29-39-62/h21-29,34-39,44-53,83-85H,9-20,30-33,40-43,80H2,1-8H3. The summed E-state index contributed by atoms with van der Waals surface area (Å²) in [4.78, 5) is 20.3. The van der Waals surface area contributed by atoms with Gasteiger partial charge in [-0.2, -0.15) is 0 Å². The van der Waals surface area contributed by atoms with Gasteiger partial charge < -0.3 is 21.0 Å². The maximum atomic E-state index is 6.48. The second-order valence-corrected chi connectivity index (χ2v) is 24.4. The molecule has 8 bridgehead atoms. The van der Waals surface area contributed by atoms with Gasteiger partial charge in [-0.25, -0.2) is 9.97 Å². The summed E-state index contributed by atoms with van der Waals surface area (Å²) in [6, 6.07) is 55.4. The molecule has 0 saturated heterocycles. The van der Waals surface area contributed by atoms with E-state index in [2.05, 4.69) is 210 Å². The molecule has 0 spiro atoms. The van der Waals surface area contributed by atoms with Gasteiger partial charge in [0.05, 0.1) is 33.8 Å². The van der Waals surface area contributed by atoms with Crippen molar-refractivity contribution in [2.75, 3.05) is 11.1 Å². The highest BCUT2D eigenvalue weighted by Gasteiger charge is 2.36. The lowest BCUT2D eigenvalue weighted by Gasteiger charge is -2.38. The summed E-state index contributed by atoms with van der Waals surface area (Å²) >= 11 is 0. The Labute approximate surface area is 509 Å². The molecule has 6 heteroatoms. The zero-order valence-corrected chi connectivity index (χ0v) is 52.5. The van der Waals surface area contributed by atoms with Crippen molar-refractivity contribution in [3.63, 3.8) is 0 Å². The van der Waals surface area contributed by atoms with E-state index in [9.17, 15) is 0 Å². The molecule has 85 heavy (non-hydrogen) atoms. The van der Waals surface area contributed by atoms with Gasteiger partial charge in [-0.15, -0.1) is 0 Å². The Hall–Kier alpha value is -7.70. The average molecular weight is 1130 g/mol. The summed E-state index contributed by atoms with van der Waals surface area (Å²) in [6.07, 6.45) is 22.9. The Morgan fingerprint density at radius 2 is 0.776 bits per heavy atom. The maximum absolute atomic E-state index is 6.48. The van der Waals surface area contributed by atoms with Gasteiger partial charge in [0.1, 0.15) is 5.54 Å². The van der Waals surface area contributed by atoms with E-state index in [-0.39, 0.29) is 0 Å². The molecule has 0 aliphatic carbocycles. The Bertz CT molecular complexity index is 3530. The molecule has 5 heterocycles. The molecule has 2 aliphatic rings. The summed E-state index contributed by atoms with van der Waals surface area (Å²) < 4.78 is 0. The van der Waals surface area contributed by atoms with Crippen LogP contribution in [0.1, 0.15) is 219 Å². The molecule has 3 aromatic heterocycles. The highest BCUT2D eigenvalue weighted by molar-refractivity contribution is 6.03. The SMILES string of the molecule is CCCCCCC1=C(C)c2nc1cc1[nH]c(c(C)c1CCCCCC)c(-c1ccc(NC(c3ccccc3)(c3ccccc3)c3ccccc3)cc1)c1[nH]c(cc3nc(c2-c2ccc(N)cc2)C(C)=C3CCCCCC)c(CCCCCC)c1C. The Kier molecular flexibility index (Phi) is 20.2. The first-order valence-electron chi connectivity index (χ1n) is 32.7. The van der Waals surface area contributed by atoms with Crippen molar-refractivity contribution >= 4 is 55.7 Å². The van der Waals surface area contributed by atoms with E-state index in [1.54, 1.807) is 0 Å². The zero-order valence-electron chi connectivity index (χ0n) is 52.5. The first kappa shape index (κ1) is 60.4. The van der Waals surface area contributed by atoms with E-state index in [0.29, 0.717) is 0 Å². The number of H-pyrrole nitrogens is 2. The lowest BCUT2D eigenvalue weighted by Crippen LogP contribution is -2.38. The van der Waals surface area contributed by atoms with Crippen LogP contribution in [0.25, 0.3) is 66.6 Å². The van der Waals surface area contributed by atoms with Gasteiger partial charge >= 0.3 is 0 Å². The number of hydrogen-bond acceptors (Lipinski definition) is 4. The molecule has 2 aliphatic heterocycles. The fourth-order valence-electron chi connectivity index (χ4n) is 13.6. The minimum absolute atomic E-state index is 0.668. The first-order valence-corrected chi connectivity index (χ1v) is 32.7. The van der Waals surface area contributed by atoms with Crippen LogP contribution >= 0.6 is 0 Å². The Morgan fingerprint density at radius 3 is 1.16 bits per heavy atom. The number of hydrogen-bond donors (Lipinski definition) is 4. The second-order valence-electron chi connectivity index (χ2n) is 24.4. The Balaban J connectivity index is 1.30. The summed E-state index contributed by atoms with van der Waals surface area (Å²) in [5.41, 5.74) is 35.0. The minimum atomic E-state index is -0.668. The van der Waals surface area contributed by atoms with Crippen molar-refractivity contribution in [1.29, 1.82) is 0 Å². The summed E-state index contributed by atoms with van der Waals surface area (Å²) in [5, 5.41) is 4.18. The van der Waals surface area contributed by atoms with Crippen molar-refractivity contribution < 1.29 is 0 Å². The summed E-state index contributed by atoms with van der Waals surface area (Å²) in [5.74, 6) is 0. The number of aromatic nitrogens is 4. The van der Waals surface area contributed by atoms with Crippen molar-refractivity contribution in [2.45, 2.75) is 189 Å². The van der Waals surface area contributed by atoms with Gasteiger partial charge in [-0.1, -0.05) is 220 Å². The zero-order chi connectivity index (χ0) is 59.3. The van der Waals surface area contributed by atoms with Gasteiger partial charge in [0.15, 0.2) is 0 Å². The number of allylic oxidation sites excluding steroid dienone is 4. The third-order valence-corrected chi connectivity index (χ3v) is 18.5. The molecule has 0 amide bonds. The fraction of sp³-hybridized carbons (Fsp3) is 0.367. The normalized spacial score (nSPS) is 12.7. The van der Waals surface area contributed by atoms with Crippen LogP contribution in [0.5, 0.6) is 0 Å². The molecule has 440 valence electrons.